The van der Waals surface area contributed by atoms with E-state index < -0.39 is 23.3 Å². The highest BCUT2D eigenvalue weighted by atomic mass is 16.5. The molecular formula is C13H20N4O4. The lowest BCUT2D eigenvalue weighted by atomic mass is 9.87. The monoisotopic (exact) mass is 296 g/mol. The Balaban J connectivity index is 2.07. The molecule has 1 aromatic rings. The maximum Gasteiger partial charge on any atom is 0.326 e. The van der Waals surface area contributed by atoms with Gasteiger partial charge in [-0.2, -0.15) is 4.98 Å². The Morgan fingerprint density at radius 3 is 2.71 bits per heavy atom. The van der Waals surface area contributed by atoms with Crippen molar-refractivity contribution in [2.24, 2.45) is 5.41 Å². The van der Waals surface area contributed by atoms with Crippen LogP contribution in [0.25, 0.3) is 0 Å². The van der Waals surface area contributed by atoms with E-state index in [1.807, 2.05) is 0 Å². The minimum absolute atomic E-state index is 0.0306. The minimum atomic E-state index is -1.10. The number of nitrogens with one attached hydrogen (secondary N) is 2. The number of hydrogen-bond acceptors (Lipinski definition) is 6. The van der Waals surface area contributed by atoms with Gasteiger partial charge in [-0.15, -0.1) is 0 Å². The van der Waals surface area contributed by atoms with Crippen LogP contribution in [0, 0.1) is 5.41 Å². The summed E-state index contributed by atoms with van der Waals surface area (Å²) < 4.78 is 5.07. The van der Waals surface area contributed by atoms with E-state index in [9.17, 15) is 14.7 Å². The maximum absolute atomic E-state index is 12.1. The van der Waals surface area contributed by atoms with Crippen LogP contribution in [0.2, 0.25) is 0 Å². The van der Waals surface area contributed by atoms with Crippen molar-refractivity contribution in [1.29, 1.82) is 0 Å². The zero-order valence-electron chi connectivity index (χ0n) is 12.3. The van der Waals surface area contributed by atoms with Crippen molar-refractivity contribution in [3.63, 3.8) is 0 Å². The number of carbonyl (C=O) groups is 2. The highest BCUT2D eigenvalue weighted by molar-refractivity contribution is 5.93. The van der Waals surface area contributed by atoms with Crippen molar-refractivity contribution in [3.8, 4) is 0 Å². The number of rotatable bonds is 4. The van der Waals surface area contributed by atoms with Gasteiger partial charge in [0.1, 0.15) is 6.04 Å². The van der Waals surface area contributed by atoms with Crippen LogP contribution in [0.15, 0.2) is 4.52 Å². The molecule has 0 bridgehead atoms. The van der Waals surface area contributed by atoms with E-state index in [0.29, 0.717) is 5.89 Å². The zero-order valence-corrected chi connectivity index (χ0v) is 12.3. The summed E-state index contributed by atoms with van der Waals surface area (Å²) in [7, 11) is 0. The summed E-state index contributed by atoms with van der Waals surface area (Å²) in [5.74, 6) is -1.53. The minimum Gasteiger partial charge on any atom is -0.480 e. The molecule has 1 unspecified atom stereocenters. The number of aliphatic carboxylic acids is 1. The number of carboxylic acids is 1. The molecule has 116 valence electrons. The summed E-state index contributed by atoms with van der Waals surface area (Å²) in [6.07, 6.45) is 1.89. The van der Waals surface area contributed by atoms with Gasteiger partial charge in [0, 0.05) is 0 Å². The van der Waals surface area contributed by atoms with E-state index in [1.54, 1.807) is 20.8 Å². The van der Waals surface area contributed by atoms with Crippen molar-refractivity contribution < 1.29 is 19.2 Å². The predicted molar refractivity (Wildman–Crippen MR) is 72.6 cm³/mol. The van der Waals surface area contributed by atoms with E-state index in [-0.39, 0.29) is 11.9 Å². The Morgan fingerprint density at radius 1 is 1.48 bits per heavy atom. The summed E-state index contributed by atoms with van der Waals surface area (Å²) in [5.41, 5.74) is -0.624. The Morgan fingerprint density at radius 2 is 2.19 bits per heavy atom. The molecule has 1 amide bonds. The van der Waals surface area contributed by atoms with Gasteiger partial charge in [-0.1, -0.05) is 25.9 Å². The second-order valence-electron chi connectivity index (χ2n) is 6.22. The van der Waals surface area contributed by atoms with Crippen molar-refractivity contribution >= 4 is 11.9 Å². The fraction of sp³-hybridized carbons (Fsp3) is 0.692. The van der Waals surface area contributed by atoms with Crippen molar-refractivity contribution in [1.82, 2.24) is 20.8 Å². The Kier molecular flexibility index (Phi) is 4.26. The molecule has 1 fully saturated rings. The molecule has 2 rings (SSSR count). The lowest BCUT2D eigenvalue weighted by Gasteiger charge is -2.27. The molecule has 1 aliphatic heterocycles. The average molecular weight is 296 g/mol. The van der Waals surface area contributed by atoms with Gasteiger partial charge in [0.15, 0.2) is 0 Å². The van der Waals surface area contributed by atoms with Crippen molar-refractivity contribution in [2.75, 3.05) is 6.54 Å². The van der Waals surface area contributed by atoms with Crippen LogP contribution in [0.4, 0.5) is 0 Å². The van der Waals surface area contributed by atoms with Gasteiger partial charge in [-0.3, -0.25) is 4.79 Å². The second-order valence-corrected chi connectivity index (χ2v) is 6.22. The molecule has 1 aliphatic rings. The molecule has 8 heteroatoms. The first kappa shape index (κ1) is 15.4. The highest BCUT2D eigenvalue weighted by Crippen LogP contribution is 2.22. The van der Waals surface area contributed by atoms with Crippen LogP contribution in [0.1, 0.15) is 56.2 Å². The lowest BCUT2D eigenvalue weighted by molar-refractivity contribution is -0.142. The normalized spacial score (nSPS) is 20.2. The van der Waals surface area contributed by atoms with Gasteiger partial charge >= 0.3 is 5.97 Å². The summed E-state index contributed by atoms with van der Waals surface area (Å²) in [6.45, 7) is 6.07. The van der Waals surface area contributed by atoms with E-state index >= 15 is 0 Å². The smallest absolute Gasteiger partial charge is 0.326 e. The largest absolute Gasteiger partial charge is 0.480 e. The first-order valence-electron chi connectivity index (χ1n) is 6.89. The number of carbonyl (C=O) groups excluding carboxylic acids is 1. The van der Waals surface area contributed by atoms with Gasteiger partial charge in [-0.05, 0) is 24.8 Å². The number of nitrogens with zero attached hydrogens (tertiary/aromatic N) is 2. The fourth-order valence-electron chi connectivity index (χ4n) is 2.21. The van der Waals surface area contributed by atoms with Crippen LogP contribution >= 0.6 is 0 Å². The first-order valence-corrected chi connectivity index (χ1v) is 6.89. The van der Waals surface area contributed by atoms with Crippen LogP contribution in [0.5, 0.6) is 0 Å². The topological polar surface area (TPSA) is 117 Å². The Bertz CT molecular complexity index is 529. The molecule has 0 saturated carbocycles. The Labute approximate surface area is 122 Å². The quantitative estimate of drug-likeness (QED) is 0.749. The molecular weight excluding hydrogens is 276 g/mol. The number of amides is 1. The zero-order chi connectivity index (χ0) is 15.6. The molecule has 0 aromatic carbocycles. The standard InChI is InChI=1S/C13H20N4O4/c1-13(2,3)8(12(19)20)15-10(18)9-16-11(21-17-9)7-5-4-6-14-7/h7-8,14H,4-6H2,1-3H3,(H,15,18)(H,19,20)/t7?,8-/m1/s1. The van der Waals surface area contributed by atoms with Gasteiger partial charge in [-0.25, -0.2) is 4.79 Å². The molecule has 0 spiro atoms. The number of aromatic nitrogens is 2. The lowest BCUT2D eigenvalue weighted by Crippen LogP contribution is -2.49. The van der Waals surface area contributed by atoms with Gasteiger partial charge < -0.3 is 20.3 Å². The second kappa shape index (κ2) is 5.80. The van der Waals surface area contributed by atoms with Crippen LogP contribution in [-0.4, -0.2) is 39.7 Å². The molecule has 0 radical (unpaired) electrons. The van der Waals surface area contributed by atoms with Gasteiger partial charge in [0.05, 0.1) is 6.04 Å². The van der Waals surface area contributed by atoms with E-state index in [1.165, 1.54) is 0 Å². The average Bonchev–Trinajstić information content (AvgIpc) is 3.03. The summed E-state index contributed by atoms with van der Waals surface area (Å²) in [4.78, 5) is 27.3. The fourth-order valence-corrected chi connectivity index (χ4v) is 2.21. The molecule has 0 aliphatic carbocycles. The molecule has 8 nitrogen and oxygen atoms in total. The van der Waals surface area contributed by atoms with E-state index in [4.69, 9.17) is 4.52 Å². The van der Waals surface area contributed by atoms with Gasteiger partial charge in [0.2, 0.25) is 5.89 Å². The van der Waals surface area contributed by atoms with Crippen LogP contribution in [-0.2, 0) is 4.79 Å². The first-order chi connectivity index (χ1) is 9.79. The van der Waals surface area contributed by atoms with Crippen molar-refractivity contribution in [2.45, 2.75) is 45.7 Å². The third-order valence-electron chi connectivity index (χ3n) is 3.39. The van der Waals surface area contributed by atoms with E-state index in [2.05, 4.69) is 20.8 Å². The molecule has 3 N–H and O–H groups in total. The van der Waals surface area contributed by atoms with E-state index in [0.717, 1.165) is 19.4 Å². The van der Waals surface area contributed by atoms with Crippen molar-refractivity contribution in [3.05, 3.63) is 11.7 Å². The summed E-state index contributed by atoms with van der Waals surface area (Å²) in [5, 5.41) is 18.4. The molecule has 2 heterocycles. The van der Waals surface area contributed by atoms with Crippen LogP contribution < -0.4 is 10.6 Å². The third-order valence-corrected chi connectivity index (χ3v) is 3.39. The predicted octanol–water partition coefficient (Wildman–Crippen LogP) is 0.723. The maximum atomic E-state index is 12.1. The summed E-state index contributed by atoms with van der Waals surface area (Å²) >= 11 is 0. The SMILES string of the molecule is CC(C)(C)[C@H](NC(=O)c1noc(C2CCCN2)n1)C(=O)O. The highest BCUT2D eigenvalue weighted by Gasteiger charge is 2.34. The number of carboxylic acid groups (broad SMARTS) is 1. The molecule has 1 aromatic heterocycles. The number of hydrogen-bond donors (Lipinski definition) is 3. The Hall–Kier alpha value is -1.96. The van der Waals surface area contributed by atoms with Crippen LogP contribution in [0.3, 0.4) is 0 Å². The molecule has 2 atom stereocenters. The molecule has 21 heavy (non-hydrogen) atoms. The molecule has 1 saturated heterocycles. The third kappa shape index (κ3) is 3.57. The van der Waals surface area contributed by atoms with Gasteiger partial charge in [0.25, 0.3) is 11.7 Å². The summed E-state index contributed by atoms with van der Waals surface area (Å²) in [6, 6.07) is -1.06.